The summed E-state index contributed by atoms with van der Waals surface area (Å²) < 4.78 is 13.1. The number of hydrogen-bond donors (Lipinski definition) is 1. The van der Waals surface area contributed by atoms with Crippen LogP contribution >= 0.6 is 0 Å². The Morgan fingerprint density at radius 3 is 3.19 bits per heavy atom. The molecule has 0 saturated heterocycles. The summed E-state index contributed by atoms with van der Waals surface area (Å²) >= 11 is 0. The molecule has 0 heterocycles. The molecule has 0 saturated carbocycles. The first kappa shape index (κ1) is 11.2. The fraction of sp³-hybridized carbons (Fsp3) is 0.429. The molecule has 0 spiro atoms. The van der Waals surface area contributed by atoms with Crippen molar-refractivity contribution in [3.63, 3.8) is 0 Å². The first-order chi connectivity index (χ1) is 7.81. The van der Waals surface area contributed by atoms with E-state index in [0.717, 1.165) is 24.8 Å². The van der Waals surface area contributed by atoms with Crippen LogP contribution in [0.25, 0.3) is 0 Å². The number of hydrogen-bond acceptors (Lipinski definition) is 1. The number of halogens is 1. The topological polar surface area (TPSA) is 12.0 Å². The van der Waals surface area contributed by atoms with Crippen LogP contribution in [0, 0.1) is 17.7 Å². The Hall–Kier alpha value is -1.33. The molecule has 0 radical (unpaired) electrons. The predicted molar refractivity (Wildman–Crippen MR) is 63.5 cm³/mol. The van der Waals surface area contributed by atoms with E-state index in [-0.39, 0.29) is 5.82 Å². The van der Waals surface area contributed by atoms with Crippen molar-refractivity contribution in [3.8, 4) is 11.8 Å². The van der Waals surface area contributed by atoms with Crippen molar-refractivity contribution in [3.05, 3.63) is 35.1 Å². The number of benzene rings is 1. The van der Waals surface area contributed by atoms with E-state index in [1.165, 1.54) is 5.56 Å². The van der Waals surface area contributed by atoms with Crippen LogP contribution in [0.15, 0.2) is 18.2 Å². The lowest BCUT2D eigenvalue weighted by Crippen LogP contribution is -2.25. The standard InChI is InChI=1S/C14H16FN/c1-2-3-9-16-14-6-4-5-11-10-12(15)7-8-13(11)14/h7-8,10,14,16H,4-6,9H2,1H3. The molecule has 84 valence electrons. The van der Waals surface area contributed by atoms with E-state index in [9.17, 15) is 4.39 Å². The van der Waals surface area contributed by atoms with Crippen LogP contribution in [0.4, 0.5) is 4.39 Å². The Morgan fingerprint density at radius 1 is 1.50 bits per heavy atom. The fourth-order valence-corrected chi connectivity index (χ4v) is 2.26. The molecule has 1 atom stereocenters. The average Bonchev–Trinajstić information content (AvgIpc) is 2.29. The van der Waals surface area contributed by atoms with Gasteiger partial charge in [0.15, 0.2) is 0 Å². The van der Waals surface area contributed by atoms with Crippen molar-refractivity contribution in [2.24, 2.45) is 0 Å². The molecular formula is C14H16FN. The highest BCUT2D eigenvalue weighted by Gasteiger charge is 2.19. The van der Waals surface area contributed by atoms with Gasteiger partial charge in [0, 0.05) is 6.04 Å². The lowest BCUT2D eigenvalue weighted by atomic mass is 9.87. The fourth-order valence-electron chi connectivity index (χ4n) is 2.26. The maximum absolute atomic E-state index is 13.1. The highest BCUT2D eigenvalue weighted by atomic mass is 19.1. The molecule has 0 aromatic heterocycles. The van der Waals surface area contributed by atoms with Crippen LogP contribution in [0.2, 0.25) is 0 Å². The summed E-state index contributed by atoms with van der Waals surface area (Å²) in [5.74, 6) is 5.74. The second-order valence-electron chi connectivity index (χ2n) is 4.10. The number of rotatable bonds is 2. The van der Waals surface area contributed by atoms with Gasteiger partial charge in [-0.25, -0.2) is 4.39 Å². The molecule has 0 aliphatic heterocycles. The minimum absolute atomic E-state index is 0.132. The second kappa shape index (κ2) is 5.14. The quantitative estimate of drug-likeness (QED) is 0.751. The monoisotopic (exact) mass is 217 g/mol. The van der Waals surface area contributed by atoms with Crippen LogP contribution in [-0.2, 0) is 6.42 Å². The lowest BCUT2D eigenvalue weighted by molar-refractivity contribution is 0.480. The molecule has 2 rings (SSSR count). The van der Waals surface area contributed by atoms with Crippen molar-refractivity contribution >= 4 is 0 Å². The summed E-state index contributed by atoms with van der Waals surface area (Å²) in [5.41, 5.74) is 2.39. The Balaban J connectivity index is 2.15. The normalized spacial score (nSPS) is 18.5. The smallest absolute Gasteiger partial charge is 0.123 e. The first-order valence-corrected chi connectivity index (χ1v) is 5.72. The van der Waals surface area contributed by atoms with Gasteiger partial charge in [-0.15, -0.1) is 5.92 Å². The molecular weight excluding hydrogens is 201 g/mol. The molecule has 1 aromatic carbocycles. The second-order valence-corrected chi connectivity index (χ2v) is 4.10. The molecule has 1 nitrogen and oxygen atoms in total. The van der Waals surface area contributed by atoms with Gasteiger partial charge < -0.3 is 0 Å². The van der Waals surface area contributed by atoms with Crippen molar-refractivity contribution < 1.29 is 4.39 Å². The predicted octanol–water partition coefficient (Wildman–Crippen LogP) is 2.82. The van der Waals surface area contributed by atoms with E-state index in [1.807, 2.05) is 13.0 Å². The summed E-state index contributed by atoms with van der Waals surface area (Å²) in [7, 11) is 0. The number of nitrogens with one attached hydrogen (secondary N) is 1. The maximum Gasteiger partial charge on any atom is 0.123 e. The van der Waals surface area contributed by atoms with E-state index in [0.29, 0.717) is 12.6 Å². The third-order valence-corrected chi connectivity index (χ3v) is 3.03. The number of fused-ring (bicyclic) bond motifs is 1. The molecule has 0 bridgehead atoms. The number of aryl methyl sites for hydroxylation is 1. The van der Waals surface area contributed by atoms with E-state index in [2.05, 4.69) is 17.2 Å². The summed E-state index contributed by atoms with van der Waals surface area (Å²) in [4.78, 5) is 0. The molecule has 0 amide bonds. The van der Waals surface area contributed by atoms with Gasteiger partial charge in [0.2, 0.25) is 0 Å². The molecule has 16 heavy (non-hydrogen) atoms. The Morgan fingerprint density at radius 2 is 2.38 bits per heavy atom. The van der Waals surface area contributed by atoms with Gasteiger partial charge >= 0.3 is 0 Å². The Kier molecular flexibility index (Phi) is 3.58. The maximum atomic E-state index is 13.1. The zero-order chi connectivity index (χ0) is 11.4. The molecule has 1 aliphatic carbocycles. The largest absolute Gasteiger partial charge is 0.299 e. The lowest BCUT2D eigenvalue weighted by Gasteiger charge is -2.25. The van der Waals surface area contributed by atoms with Crippen molar-refractivity contribution in [1.29, 1.82) is 0 Å². The molecule has 0 fully saturated rings. The van der Waals surface area contributed by atoms with Crippen LogP contribution in [0.1, 0.15) is 36.9 Å². The first-order valence-electron chi connectivity index (χ1n) is 5.72. The van der Waals surface area contributed by atoms with Crippen molar-refractivity contribution in [2.45, 2.75) is 32.2 Å². The highest BCUT2D eigenvalue weighted by molar-refractivity contribution is 5.33. The van der Waals surface area contributed by atoms with Crippen molar-refractivity contribution in [2.75, 3.05) is 6.54 Å². The molecule has 1 N–H and O–H groups in total. The average molecular weight is 217 g/mol. The van der Waals surface area contributed by atoms with Gasteiger partial charge in [0.1, 0.15) is 5.82 Å². The molecule has 1 aliphatic rings. The van der Waals surface area contributed by atoms with Gasteiger partial charge in [0.25, 0.3) is 0 Å². The van der Waals surface area contributed by atoms with E-state index >= 15 is 0 Å². The van der Waals surface area contributed by atoms with E-state index < -0.39 is 0 Å². The molecule has 1 aromatic rings. The van der Waals surface area contributed by atoms with Crippen LogP contribution in [0.3, 0.4) is 0 Å². The third-order valence-electron chi connectivity index (χ3n) is 3.03. The van der Waals surface area contributed by atoms with Gasteiger partial charge in [-0.3, -0.25) is 5.32 Å². The zero-order valence-electron chi connectivity index (χ0n) is 9.52. The summed E-state index contributed by atoms with van der Waals surface area (Å²) in [6.07, 6.45) is 3.22. The van der Waals surface area contributed by atoms with Gasteiger partial charge in [-0.1, -0.05) is 12.0 Å². The zero-order valence-corrected chi connectivity index (χ0v) is 9.52. The highest BCUT2D eigenvalue weighted by Crippen LogP contribution is 2.29. The Labute approximate surface area is 96.1 Å². The molecule has 1 unspecified atom stereocenters. The van der Waals surface area contributed by atoms with Crippen molar-refractivity contribution in [1.82, 2.24) is 5.32 Å². The van der Waals surface area contributed by atoms with Crippen LogP contribution in [0.5, 0.6) is 0 Å². The van der Waals surface area contributed by atoms with E-state index in [4.69, 9.17) is 0 Å². The van der Waals surface area contributed by atoms with Crippen LogP contribution in [-0.4, -0.2) is 6.54 Å². The Bertz CT molecular complexity index is 428. The SMILES string of the molecule is CC#CCNC1CCCc2cc(F)ccc21. The summed E-state index contributed by atoms with van der Waals surface area (Å²) in [5, 5.41) is 3.40. The summed E-state index contributed by atoms with van der Waals surface area (Å²) in [6, 6.07) is 5.45. The van der Waals surface area contributed by atoms with Gasteiger partial charge in [-0.05, 0) is 49.4 Å². The summed E-state index contributed by atoms with van der Waals surface area (Å²) in [6.45, 7) is 2.55. The molecule has 2 heteroatoms. The minimum Gasteiger partial charge on any atom is -0.299 e. The minimum atomic E-state index is -0.132. The van der Waals surface area contributed by atoms with Gasteiger partial charge in [-0.2, -0.15) is 0 Å². The van der Waals surface area contributed by atoms with E-state index in [1.54, 1.807) is 12.1 Å². The van der Waals surface area contributed by atoms with Gasteiger partial charge in [0.05, 0.1) is 6.54 Å². The third kappa shape index (κ3) is 2.43. The van der Waals surface area contributed by atoms with Crippen LogP contribution < -0.4 is 5.32 Å².